The van der Waals surface area contributed by atoms with E-state index in [-0.39, 0.29) is 5.56 Å². The summed E-state index contributed by atoms with van der Waals surface area (Å²) in [4.78, 5) is 26.1. The molecule has 0 bridgehead atoms. The van der Waals surface area contributed by atoms with E-state index in [4.69, 9.17) is 9.47 Å². The van der Waals surface area contributed by atoms with E-state index in [1.54, 1.807) is 19.2 Å². The SMILES string of the molecule is COc1ccc2c(c1)CCCN2C(=O)COC(=O)c1cccc(C(F)(F)F)c1. The van der Waals surface area contributed by atoms with Crippen molar-refractivity contribution in [2.75, 3.05) is 25.2 Å². The molecule has 0 unspecified atom stereocenters. The van der Waals surface area contributed by atoms with E-state index < -0.39 is 30.2 Å². The third kappa shape index (κ3) is 4.27. The molecule has 3 rings (SSSR count). The molecule has 0 radical (unpaired) electrons. The Labute approximate surface area is 159 Å². The maximum atomic E-state index is 12.8. The van der Waals surface area contributed by atoms with Crippen LogP contribution in [0.4, 0.5) is 18.9 Å². The van der Waals surface area contributed by atoms with Gasteiger partial charge in [0.1, 0.15) is 5.75 Å². The molecule has 2 aromatic rings. The van der Waals surface area contributed by atoms with Gasteiger partial charge in [0, 0.05) is 12.2 Å². The number of hydrogen-bond donors (Lipinski definition) is 0. The summed E-state index contributed by atoms with van der Waals surface area (Å²) in [6.07, 6.45) is -3.03. The number of fused-ring (bicyclic) bond motifs is 1. The van der Waals surface area contributed by atoms with Crippen molar-refractivity contribution in [1.82, 2.24) is 0 Å². The number of carbonyl (C=O) groups is 2. The molecule has 0 aliphatic carbocycles. The van der Waals surface area contributed by atoms with Crippen molar-refractivity contribution in [1.29, 1.82) is 0 Å². The number of aryl methyl sites for hydroxylation is 1. The predicted octanol–water partition coefficient (Wildman–Crippen LogP) is 3.85. The molecule has 1 aliphatic heterocycles. The first kappa shape index (κ1) is 19.7. The molecule has 0 saturated carbocycles. The average molecular weight is 393 g/mol. The highest BCUT2D eigenvalue weighted by molar-refractivity contribution is 5.98. The summed E-state index contributed by atoms with van der Waals surface area (Å²) in [5.41, 5.74) is 0.453. The summed E-state index contributed by atoms with van der Waals surface area (Å²) in [6.45, 7) is -0.0835. The van der Waals surface area contributed by atoms with Crippen LogP contribution < -0.4 is 9.64 Å². The standard InChI is InChI=1S/C20H18F3NO4/c1-27-16-7-8-17-13(11-16)5-3-9-24(17)18(25)12-28-19(26)14-4-2-6-15(10-14)20(21,22)23/h2,4,6-8,10-11H,3,5,9,12H2,1H3. The summed E-state index contributed by atoms with van der Waals surface area (Å²) >= 11 is 0. The Morgan fingerprint density at radius 1 is 1.14 bits per heavy atom. The van der Waals surface area contributed by atoms with E-state index in [1.165, 1.54) is 11.0 Å². The van der Waals surface area contributed by atoms with E-state index in [0.29, 0.717) is 24.0 Å². The van der Waals surface area contributed by atoms with Gasteiger partial charge in [0.15, 0.2) is 6.61 Å². The van der Waals surface area contributed by atoms with Crippen LogP contribution in [0, 0.1) is 0 Å². The highest BCUT2D eigenvalue weighted by atomic mass is 19.4. The molecule has 0 saturated heterocycles. The van der Waals surface area contributed by atoms with E-state index in [2.05, 4.69) is 0 Å². The number of esters is 1. The van der Waals surface area contributed by atoms with Gasteiger partial charge in [-0.05, 0) is 54.8 Å². The maximum absolute atomic E-state index is 12.8. The fourth-order valence-electron chi connectivity index (χ4n) is 3.07. The lowest BCUT2D eigenvalue weighted by Crippen LogP contribution is -2.38. The van der Waals surface area contributed by atoms with Gasteiger partial charge < -0.3 is 14.4 Å². The Bertz CT molecular complexity index is 895. The van der Waals surface area contributed by atoms with Gasteiger partial charge in [-0.3, -0.25) is 4.79 Å². The number of nitrogens with zero attached hydrogens (tertiary/aromatic N) is 1. The van der Waals surface area contributed by atoms with Crippen LogP contribution in [0.25, 0.3) is 0 Å². The van der Waals surface area contributed by atoms with Gasteiger partial charge in [-0.2, -0.15) is 13.2 Å². The van der Waals surface area contributed by atoms with E-state index in [9.17, 15) is 22.8 Å². The predicted molar refractivity (Wildman–Crippen MR) is 95.4 cm³/mol. The van der Waals surface area contributed by atoms with Gasteiger partial charge in [-0.25, -0.2) is 4.79 Å². The van der Waals surface area contributed by atoms with Crippen molar-refractivity contribution in [3.05, 3.63) is 59.2 Å². The fraction of sp³-hybridized carbons (Fsp3) is 0.300. The number of rotatable bonds is 4. The van der Waals surface area contributed by atoms with Gasteiger partial charge >= 0.3 is 12.1 Å². The number of methoxy groups -OCH3 is 1. The first-order valence-electron chi connectivity index (χ1n) is 8.61. The van der Waals surface area contributed by atoms with Gasteiger partial charge in [0.2, 0.25) is 0 Å². The van der Waals surface area contributed by atoms with Gasteiger partial charge in [-0.15, -0.1) is 0 Å². The van der Waals surface area contributed by atoms with E-state index in [1.807, 2.05) is 6.07 Å². The van der Waals surface area contributed by atoms with Crippen LogP contribution in [0.15, 0.2) is 42.5 Å². The van der Waals surface area contributed by atoms with Crippen LogP contribution in [0.5, 0.6) is 5.75 Å². The molecule has 0 fully saturated rings. The Balaban J connectivity index is 1.68. The second kappa shape index (κ2) is 7.92. The number of hydrogen-bond acceptors (Lipinski definition) is 4. The normalized spacial score (nSPS) is 13.6. The zero-order chi connectivity index (χ0) is 20.3. The summed E-state index contributed by atoms with van der Waals surface area (Å²) in [5.74, 6) is -0.734. The number of alkyl halides is 3. The molecule has 0 aromatic heterocycles. The lowest BCUT2D eigenvalue weighted by molar-refractivity contribution is -0.137. The molecule has 1 amide bonds. The number of amides is 1. The quantitative estimate of drug-likeness (QED) is 0.741. The minimum absolute atomic E-state index is 0.258. The summed E-state index contributed by atoms with van der Waals surface area (Å²) in [6, 6.07) is 9.25. The minimum Gasteiger partial charge on any atom is -0.497 e. The van der Waals surface area contributed by atoms with Crippen LogP contribution in [-0.2, 0) is 22.1 Å². The van der Waals surface area contributed by atoms with Gasteiger partial charge in [0.05, 0.1) is 18.2 Å². The molecule has 8 heteroatoms. The lowest BCUT2D eigenvalue weighted by Gasteiger charge is -2.29. The second-order valence-corrected chi connectivity index (χ2v) is 6.30. The largest absolute Gasteiger partial charge is 0.497 e. The molecule has 148 valence electrons. The molecule has 0 N–H and O–H groups in total. The van der Waals surface area contributed by atoms with Gasteiger partial charge in [-0.1, -0.05) is 6.07 Å². The van der Waals surface area contributed by atoms with Crippen LogP contribution in [0.1, 0.15) is 27.9 Å². The first-order chi connectivity index (χ1) is 13.3. The Morgan fingerprint density at radius 2 is 1.93 bits per heavy atom. The van der Waals surface area contributed by atoms with Crippen LogP contribution in [0.2, 0.25) is 0 Å². The molecule has 28 heavy (non-hydrogen) atoms. The van der Waals surface area contributed by atoms with Crippen molar-refractivity contribution >= 4 is 17.6 Å². The summed E-state index contributed by atoms with van der Waals surface area (Å²) in [5, 5.41) is 0. The number of halogens is 3. The molecule has 5 nitrogen and oxygen atoms in total. The maximum Gasteiger partial charge on any atom is 0.416 e. The topological polar surface area (TPSA) is 55.8 Å². The smallest absolute Gasteiger partial charge is 0.416 e. The number of benzene rings is 2. The number of ether oxygens (including phenoxy) is 2. The number of carbonyl (C=O) groups excluding carboxylic acids is 2. The second-order valence-electron chi connectivity index (χ2n) is 6.30. The van der Waals surface area contributed by atoms with Crippen LogP contribution >= 0.6 is 0 Å². The third-order valence-electron chi connectivity index (χ3n) is 4.46. The Hall–Kier alpha value is -3.03. The van der Waals surface area contributed by atoms with E-state index >= 15 is 0 Å². The number of anilines is 1. The molecular weight excluding hydrogens is 375 g/mol. The molecule has 1 aliphatic rings. The average Bonchev–Trinajstić information content (AvgIpc) is 2.70. The summed E-state index contributed by atoms with van der Waals surface area (Å²) < 4.78 is 48.4. The molecule has 2 aromatic carbocycles. The first-order valence-corrected chi connectivity index (χ1v) is 8.61. The van der Waals surface area contributed by atoms with Crippen LogP contribution in [-0.4, -0.2) is 32.1 Å². The Kier molecular flexibility index (Phi) is 5.58. The van der Waals surface area contributed by atoms with Gasteiger partial charge in [0.25, 0.3) is 5.91 Å². The van der Waals surface area contributed by atoms with Crippen molar-refractivity contribution in [2.24, 2.45) is 0 Å². The molecule has 0 atom stereocenters. The highest BCUT2D eigenvalue weighted by Gasteiger charge is 2.31. The third-order valence-corrected chi connectivity index (χ3v) is 4.46. The monoisotopic (exact) mass is 393 g/mol. The van der Waals surface area contributed by atoms with Crippen molar-refractivity contribution in [3.8, 4) is 5.75 Å². The molecule has 1 heterocycles. The molecule has 0 spiro atoms. The Morgan fingerprint density at radius 3 is 2.64 bits per heavy atom. The molecular formula is C20H18F3NO4. The summed E-state index contributed by atoms with van der Waals surface area (Å²) in [7, 11) is 1.56. The highest BCUT2D eigenvalue weighted by Crippen LogP contribution is 2.31. The zero-order valence-electron chi connectivity index (χ0n) is 15.1. The van der Waals surface area contributed by atoms with Crippen molar-refractivity contribution in [3.63, 3.8) is 0 Å². The van der Waals surface area contributed by atoms with Crippen molar-refractivity contribution < 1.29 is 32.2 Å². The van der Waals surface area contributed by atoms with Crippen molar-refractivity contribution in [2.45, 2.75) is 19.0 Å². The lowest BCUT2D eigenvalue weighted by atomic mass is 10.0. The fourth-order valence-corrected chi connectivity index (χ4v) is 3.07. The van der Waals surface area contributed by atoms with E-state index in [0.717, 1.165) is 30.5 Å². The van der Waals surface area contributed by atoms with Crippen LogP contribution in [0.3, 0.4) is 0 Å². The minimum atomic E-state index is -4.56. The zero-order valence-corrected chi connectivity index (χ0v) is 15.1.